The molecule has 10 heavy (non-hydrogen) atoms. The maximum Gasteiger partial charge on any atom is -0.0156 e. The highest BCUT2D eigenvalue weighted by Crippen LogP contribution is 2.87. The van der Waals surface area contributed by atoms with E-state index in [0.29, 0.717) is 5.41 Å². The van der Waals surface area contributed by atoms with E-state index in [9.17, 15) is 0 Å². The predicted octanol–water partition coefficient (Wildman–Crippen LogP) is 2.93. The van der Waals surface area contributed by atoms with Gasteiger partial charge in [0.15, 0.2) is 0 Å². The lowest BCUT2D eigenvalue weighted by Gasteiger charge is -1.98. The highest BCUT2D eigenvalue weighted by molar-refractivity contribution is 5.30. The number of hydrogen-bond donors (Lipinski definition) is 0. The second kappa shape index (κ2) is 1.31. The molecular weight excluding hydrogens is 120 g/mol. The smallest absolute Gasteiger partial charge is 0.0156 e. The van der Waals surface area contributed by atoms with E-state index in [1.165, 1.54) is 0 Å². The Hall–Kier alpha value is 0. The fourth-order valence-electron chi connectivity index (χ4n) is 3.87. The largest absolute Gasteiger partial charge is 0.0617 e. The minimum absolute atomic E-state index is 0.659. The Balaban J connectivity index is 2.26. The van der Waals surface area contributed by atoms with E-state index in [-0.39, 0.29) is 0 Å². The van der Waals surface area contributed by atoms with Crippen molar-refractivity contribution in [2.24, 2.45) is 28.6 Å². The van der Waals surface area contributed by atoms with Gasteiger partial charge in [-0.15, -0.1) is 0 Å². The molecule has 0 aromatic carbocycles. The molecule has 3 unspecified atom stereocenters. The normalized spacial score (nSPS) is 62.7. The first kappa shape index (κ1) is 6.69. The van der Waals surface area contributed by atoms with Gasteiger partial charge in [0, 0.05) is 0 Å². The van der Waals surface area contributed by atoms with Gasteiger partial charge in [-0.3, -0.25) is 0 Å². The highest BCUT2D eigenvalue weighted by Gasteiger charge is 2.83. The number of rotatable bonds is 0. The molecule has 0 amide bonds. The van der Waals surface area contributed by atoms with Gasteiger partial charge in [0.1, 0.15) is 0 Å². The van der Waals surface area contributed by atoms with E-state index >= 15 is 0 Å². The average molecular weight is 138 g/mol. The van der Waals surface area contributed by atoms with Crippen LogP contribution in [0.5, 0.6) is 0 Å². The zero-order valence-electron chi connectivity index (χ0n) is 7.73. The van der Waals surface area contributed by atoms with Gasteiger partial charge in [0.2, 0.25) is 0 Å². The minimum atomic E-state index is 0.659. The van der Waals surface area contributed by atoms with Crippen LogP contribution in [0.2, 0.25) is 0 Å². The molecule has 1 spiro atoms. The summed E-state index contributed by atoms with van der Waals surface area (Å²) in [5, 5.41) is 0. The molecule has 0 aromatic heterocycles. The van der Waals surface area contributed by atoms with E-state index < -0.39 is 0 Å². The summed E-state index contributed by atoms with van der Waals surface area (Å²) in [6.45, 7) is 12.1. The molecule has 0 bridgehead atoms. The lowest BCUT2D eigenvalue weighted by Crippen LogP contribution is -1.91. The number of hydrogen-bond acceptors (Lipinski definition) is 0. The minimum Gasteiger partial charge on any atom is -0.0617 e. The summed E-state index contributed by atoms with van der Waals surface area (Å²) in [5.74, 6) is 2.97. The predicted molar refractivity (Wildman–Crippen MR) is 43.7 cm³/mol. The summed E-state index contributed by atoms with van der Waals surface area (Å²) < 4.78 is 0. The van der Waals surface area contributed by atoms with Crippen LogP contribution < -0.4 is 0 Å². The summed E-state index contributed by atoms with van der Waals surface area (Å²) in [6.07, 6.45) is 0. The Bertz CT molecular complexity index is 170. The second-order valence-electron chi connectivity index (χ2n) is 4.95. The Kier molecular flexibility index (Phi) is 0.874. The SMILES string of the molecule is CC1C(C)C12C(C)C2(C)C. The Morgan fingerprint density at radius 2 is 1.20 bits per heavy atom. The second-order valence-corrected chi connectivity index (χ2v) is 4.95. The maximum atomic E-state index is 2.43. The van der Waals surface area contributed by atoms with Crippen molar-refractivity contribution in [1.82, 2.24) is 0 Å². The fourth-order valence-corrected chi connectivity index (χ4v) is 3.87. The summed E-state index contributed by atoms with van der Waals surface area (Å²) in [6, 6.07) is 0. The van der Waals surface area contributed by atoms with Gasteiger partial charge in [-0.25, -0.2) is 0 Å². The van der Waals surface area contributed by atoms with Crippen LogP contribution >= 0.6 is 0 Å². The molecule has 0 heteroatoms. The van der Waals surface area contributed by atoms with E-state index in [4.69, 9.17) is 0 Å². The molecule has 0 saturated heterocycles. The summed E-state index contributed by atoms with van der Waals surface area (Å²) in [5.41, 5.74) is 1.43. The summed E-state index contributed by atoms with van der Waals surface area (Å²) in [4.78, 5) is 0. The molecular formula is C10H18. The molecule has 2 aliphatic carbocycles. The molecule has 0 nitrogen and oxygen atoms in total. The van der Waals surface area contributed by atoms with Crippen LogP contribution in [0.15, 0.2) is 0 Å². The summed E-state index contributed by atoms with van der Waals surface area (Å²) in [7, 11) is 0. The quantitative estimate of drug-likeness (QED) is 0.483. The third-order valence-electron chi connectivity index (χ3n) is 4.98. The highest BCUT2D eigenvalue weighted by atomic mass is 14.9. The first-order chi connectivity index (χ1) is 4.47. The molecule has 2 saturated carbocycles. The van der Waals surface area contributed by atoms with Crippen LogP contribution in [0.1, 0.15) is 34.6 Å². The van der Waals surface area contributed by atoms with Crippen molar-refractivity contribution in [3.8, 4) is 0 Å². The van der Waals surface area contributed by atoms with Crippen LogP contribution in [0, 0.1) is 28.6 Å². The van der Waals surface area contributed by atoms with Crippen molar-refractivity contribution in [2.45, 2.75) is 34.6 Å². The molecule has 0 aliphatic heterocycles. The lowest BCUT2D eigenvalue weighted by atomic mass is 10.1. The van der Waals surface area contributed by atoms with Gasteiger partial charge in [-0.05, 0) is 28.6 Å². The van der Waals surface area contributed by atoms with Crippen molar-refractivity contribution in [1.29, 1.82) is 0 Å². The fraction of sp³-hybridized carbons (Fsp3) is 1.00. The van der Waals surface area contributed by atoms with E-state index in [0.717, 1.165) is 23.2 Å². The van der Waals surface area contributed by atoms with Gasteiger partial charge in [0.25, 0.3) is 0 Å². The van der Waals surface area contributed by atoms with Gasteiger partial charge in [0.05, 0.1) is 0 Å². The van der Waals surface area contributed by atoms with Crippen molar-refractivity contribution in [2.75, 3.05) is 0 Å². The Morgan fingerprint density at radius 3 is 1.20 bits per heavy atom. The molecule has 3 atom stereocenters. The van der Waals surface area contributed by atoms with Crippen LogP contribution in [0.4, 0.5) is 0 Å². The molecule has 2 rings (SSSR count). The third-order valence-corrected chi connectivity index (χ3v) is 4.98. The first-order valence-electron chi connectivity index (χ1n) is 4.47. The molecule has 0 N–H and O–H groups in total. The van der Waals surface area contributed by atoms with E-state index in [1.807, 2.05) is 0 Å². The van der Waals surface area contributed by atoms with Crippen LogP contribution in [-0.4, -0.2) is 0 Å². The van der Waals surface area contributed by atoms with Crippen LogP contribution in [0.3, 0.4) is 0 Å². The van der Waals surface area contributed by atoms with Gasteiger partial charge in [-0.2, -0.15) is 0 Å². The zero-order valence-corrected chi connectivity index (χ0v) is 7.73. The zero-order chi connectivity index (χ0) is 7.73. The molecule has 58 valence electrons. The average Bonchev–Trinajstić information content (AvgIpc) is 2.50. The molecule has 0 heterocycles. The topological polar surface area (TPSA) is 0 Å². The molecule has 2 fully saturated rings. The third kappa shape index (κ3) is 0.360. The summed E-state index contributed by atoms with van der Waals surface area (Å²) >= 11 is 0. The molecule has 0 aromatic rings. The van der Waals surface area contributed by atoms with E-state index in [2.05, 4.69) is 34.6 Å². The standard InChI is InChI=1S/C10H18/c1-6-7(2)10(6)8(3)9(10,4)5/h6-8H,1-5H3. The lowest BCUT2D eigenvalue weighted by molar-refractivity contribution is 0.508. The van der Waals surface area contributed by atoms with Gasteiger partial charge in [-0.1, -0.05) is 34.6 Å². The first-order valence-corrected chi connectivity index (χ1v) is 4.47. The van der Waals surface area contributed by atoms with Crippen molar-refractivity contribution in [3.05, 3.63) is 0 Å². The molecule has 2 aliphatic rings. The maximum absolute atomic E-state index is 2.43. The van der Waals surface area contributed by atoms with Crippen molar-refractivity contribution >= 4 is 0 Å². The van der Waals surface area contributed by atoms with Crippen LogP contribution in [0.25, 0.3) is 0 Å². The molecule has 0 radical (unpaired) electrons. The van der Waals surface area contributed by atoms with E-state index in [1.54, 1.807) is 0 Å². The Labute approximate surface area is 64.0 Å². The van der Waals surface area contributed by atoms with Crippen molar-refractivity contribution in [3.63, 3.8) is 0 Å². The van der Waals surface area contributed by atoms with Gasteiger partial charge < -0.3 is 0 Å². The van der Waals surface area contributed by atoms with Crippen LogP contribution in [-0.2, 0) is 0 Å². The van der Waals surface area contributed by atoms with Crippen molar-refractivity contribution < 1.29 is 0 Å². The van der Waals surface area contributed by atoms with Gasteiger partial charge >= 0.3 is 0 Å². The monoisotopic (exact) mass is 138 g/mol. The Morgan fingerprint density at radius 1 is 0.900 bits per heavy atom.